The Kier molecular flexibility index (Phi) is 6.07. The molecular formula is C27H22N2O5. The monoisotopic (exact) mass is 454 g/mol. The van der Waals surface area contributed by atoms with Gasteiger partial charge in [0, 0.05) is 11.3 Å². The van der Waals surface area contributed by atoms with Gasteiger partial charge >= 0.3 is 0 Å². The molecule has 1 amide bonds. The predicted octanol–water partition coefficient (Wildman–Crippen LogP) is 4.51. The van der Waals surface area contributed by atoms with Crippen molar-refractivity contribution in [2.75, 3.05) is 19.1 Å². The molecule has 0 saturated carbocycles. The minimum absolute atomic E-state index is 0.0366. The highest BCUT2D eigenvalue weighted by atomic mass is 16.5. The third-order valence-corrected chi connectivity index (χ3v) is 5.77. The van der Waals surface area contributed by atoms with Crippen LogP contribution in [-0.4, -0.2) is 31.0 Å². The Bertz CT molecular complexity index is 1330. The number of nitriles is 1. The molecule has 1 aliphatic heterocycles. The van der Waals surface area contributed by atoms with E-state index in [2.05, 4.69) is 0 Å². The fraction of sp³-hybridized carbons (Fsp3) is 0.148. The maximum absolute atomic E-state index is 13.2. The summed E-state index contributed by atoms with van der Waals surface area (Å²) in [4.78, 5) is 27.8. The molecule has 1 N–H and O–H groups in total. The Morgan fingerprint density at radius 2 is 1.59 bits per heavy atom. The van der Waals surface area contributed by atoms with E-state index >= 15 is 0 Å². The van der Waals surface area contributed by atoms with Crippen molar-refractivity contribution in [2.45, 2.75) is 13.0 Å². The number of rotatable bonds is 5. The van der Waals surface area contributed by atoms with E-state index in [0.717, 1.165) is 5.56 Å². The van der Waals surface area contributed by atoms with E-state index in [9.17, 15) is 14.7 Å². The predicted molar refractivity (Wildman–Crippen MR) is 127 cm³/mol. The first-order valence-corrected chi connectivity index (χ1v) is 10.5. The van der Waals surface area contributed by atoms with Gasteiger partial charge < -0.3 is 14.6 Å². The van der Waals surface area contributed by atoms with Crippen molar-refractivity contribution in [3.63, 3.8) is 0 Å². The van der Waals surface area contributed by atoms with Crippen LogP contribution in [0.1, 0.15) is 28.3 Å². The van der Waals surface area contributed by atoms with Crippen LogP contribution >= 0.6 is 0 Å². The van der Waals surface area contributed by atoms with Crippen molar-refractivity contribution >= 4 is 23.1 Å². The van der Waals surface area contributed by atoms with Crippen LogP contribution in [0.5, 0.6) is 11.5 Å². The van der Waals surface area contributed by atoms with Gasteiger partial charge in [-0.2, -0.15) is 5.26 Å². The maximum Gasteiger partial charge on any atom is 0.300 e. The fourth-order valence-electron chi connectivity index (χ4n) is 4.00. The third kappa shape index (κ3) is 3.86. The van der Waals surface area contributed by atoms with E-state index in [1.165, 1.54) is 19.1 Å². The zero-order chi connectivity index (χ0) is 24.4. The molecule has 1 saturated heterocycles. The first-order chi connectivity index (χ1) is 16.4. The number of hydrogen-bond donors (Lipinski definition) is 1. The van der Waals surface area contributed by atoms with Crippen molar-refractivity contribution in [3.8, 4) is 17.6 Å². The van der Waals surface area contributed by atoms with Gasteiger partial charge in [0.1, 0.15) is 5.76 Å². The molecule has 170 valence electrons. The molecular weight excluding hydrogens is 432 g/mol. The van der Waals surface area contributed by atoms with Crippen LogP contribution in [0.3, 0.4) is 0 Å². The summed E-state index contributed by atoms with van der Waals surface area (Å²) in [5, 5.41) is 20.3. The van der Waals surface area contributed by atoms with Crippen LogP contribution in [0.25, 0.3) is 5.76 Å². The van der Waals surface area contributed by atoms with E-state index in [1.54, 1.807) is 54.6 Å². The number of aliphatic hydroxyl groups excluding tert-OH is 1. The van der Waals surface area contributed by atoms with E-state index < -0.39 is 17.7 Å². The zero-order valence-corrected chi connectivity index (χ0v) is 18.9. The average Bonchev–Trinajstić information content (AvgIpc) is 3.13. The Labute approximate surface area is 197 Å². The number of methoxy groups -OCH3 is 2. The highest BCUT2D eigenvalue weighted by Gasteiger charge is 2.47. The molecule has 4 rings (SSSR count). The largest absolute Gasteiger partial charge is 0.507 e. The van der Waals surface area contributed by atoms with E-state index in [1.807, 2.05) is 25.1 Å². The van der Waals surface area contributed by atoms with Crippen molar-refractivity contribution < 1.29 is 24.2 Å². The van der Waals surface area contributed by atoms with Crippen LogP contribution in [0.4, 0.5) is 5.69 Å². The molecule has 0 bridgehead atoms. The normalized spacial score (nSPS) is 16.9. The molecule has 7 nitrogen and oxygen atoms in total. The lowest BCUT2D eigenvalue weighted by atomic mass is 9.94. The third-order valence-electron chi connectivity index (χ3n) is 5.77. The van der Waals surface area contributed by atoms with E-state index in [-0.39, 0.29) is 11.3 Å². The summed E-state index contributed by atoms with van der Waals surface area (Å²) in [6.07, 6.45) is 0. The number of amides is 1. The number of aliphatic hydroxyl groups is 1. The number of benzene rings is 3. The van der Waals surface area contributed by atoms with Crippen molar-refractivity contribution in [1.82, 2.24) is 0 Å². The molecule has 1 unspecified atom stereocenters. The number of carbonyl (C=O) groups excluding carboxylic acids is 2. The minimum Gasteiger partial charge on any atom is -0.507 e. The van der Waals surface area contributed by atoms with Gasteiger partial charge in [0.25, 0.3) is 11.7 Å². The van der Waals surface area contributed by atoms with Gasteiger partial charge in [-0.1, -0.05) is 35.9 Å². The first kappa shape index (κ1) is 22.6. The van der Waals surface area contributed by atoms with Crippen LogP contribution in [0.2, 0.25) is 0 Å². The van der Waals surface area contributed by atoms with Crippen LogP contribution < -0.4 is 14.4 Å². The molecule has 1 aliphatic rings. The summed E-state index contributed by atoms with van der Waals surface area (Å²) in [7, 11) is 3.00. The number of anilines is 1. The number of nitrogens with zero attached hydrogens (tertiary/aromatic N) is 2. The summed E-state index contributed by atoms with van der Waals surface area (Å²) < 4.78 is 10.8. The first-order valence-electron chi connectivity index (χ1n) is 10.5. The summed E-state index contributed by atoms with van der Waals surface area (Å²) in [5.74, 6) is -0.949. The number of carbonyl (C=O) groups is 2. The van der Waals surface area contributed by atoms with E-state index in [4.69, 9.17) is 14.7 Å². The Morgan fingerprint density at radius 3 is 2.18 bits per heavy atom. The molecule has 0 aliphatic carbocycles. The molecule has 0 radical (unpaired) electrons. The van der Waals surface area contributed by atoms with Crippen LogP contribution in [0, 0.1) is 18.3 Å². The quantitative estimate of drug-likeness (QED) is 0.346. The maximum atomic E-state index is 13.2. The van der Waals surface area contributed by atoms with Gasteiger partial charge in [-0.15, -0.1) is 0 Å². The molecule has 1 fully saturated rings. The summed E-state index contributed by atoms with van der Waals surface area (Å²) in [6, 6.07) is 19.6. The molecule has 7 heteroatoms. The van der Waals surface area contributed by atoms with E-state index in [0.29, 0.717) is 33.9 Å². The lowest BCUT2D eigenvalue weighted by molar-refractivity contribution is -0.132. The second kappa shape index (κ2) is 9.12. The molecule has 0 aromatic heterocycles. The zero-order valence-electron chi connectivity index (χ0n) is 18.9. The van der Waals surface area contributed by atoms with Crippen LogP contribution in [0.15, 0.2) is 72.3 Å². The fourth-order valence-corrected chi connectivity index (χ4v) is 4.00. The smallest absolute Gasteiger partial charge is 0.300 e. The van der Waals surface area contributed by atoms with Crippen molar-refractivity contribution in [2.24, 2.45) is 0 Å². The number of aryl methyl sites for hydroxylation is 1. The van der Waals surface area contributed by atoms with Gasteiger partial charge in [0.2, 0.25) is 0 Å². The lowest BCUT2D eigenvalue weighted by Crippen LogP contribution is -2.29. The molecule has 3 aromatic rings. The number of ether oxygens (including phenoxy) is 2. The number of ketones is 1. The molecule has 3 aromatic carbocycles. The average molecular weight is 454 g/mol. The summed E-state index contributed by atoms with van der Waals surface area (Å²) in [5.41, 5.74) is 2.77. The highest BCUT2D eigenvalue weighted by Crippen LogP contribution is 2.44. The second-order valence-electron chi connectivity index (χ2n) is 7.81. The molecule has 1 heterocycles. The number of Topliss-reactive ketones (excluding diaryl/α,β-unsaturated/α-hetero) is 1. The second-order valence-corrected chi connectivity index (χ2v) is 7.81. The standard InChI is InChI=1S/C27H22N2O5/c1-16-4-8-18(9-5-16)25(30)23-24(19-10-13-21(33-2)22(14-19)34-3)29(27(32)26(23)31)20-11-6-17(15-28)7-12-20/h4-14,24,30H,1-3H3/b25-23-. The van der Waals surface area contributed by atoms with Gasteiger partial charge in [-0.3, -0.25) is 14.5 Å². The van der Waals surface area contributed by atoms with Gasteiger partial charge in [0.15, 0.2) is 11.5 Å². The topological polar surface area (TPSA) is 99.9 Å². The van der Waals surface area contributed by atoms with Crippen molar-refractivity contribution in [1.29, 1.82) is 5.26 Å². The Balaban J connectivity index is 1.95. The molecule has 34 heavy (non-hydrogen) atoms. The lowest BCUT2D eigenvalue weighted by Gasteiger charge is -2.26. The van der Waals surface area contributed by atoms with Crippen LogP contribution in [-0.2, 0) is 9.59 Å². The molecule has 1 atom stereocenters. The summed E-state index contributed by atoms with van der Waals surface area (Å²) >= 11 is 0. The highest BCUT2D eigenvalue weighted by molar-refractivity contribution is 6.51. The SMILES string of the molecule is COc1ccc(C2/C(=C(/O)c3ccc(C)cc3)C(=O)C(=O)N2c2ccc(C#N)cc2)cc1OC. The Morgan fingerprint density at radius 1 is 0.941 bits per heavy atom. The Hall–Kier alpha value is -4.57. The van der Waals surface area contributed by atoms with Gasteiger partial charge in [-0.25, -0.2) is 0 Å². The van der Waals surface area contributed by atoms with Crippen molar-refractivity contribution in [3.05, 3.63) is 94.6 Å². The number of hydrogen-bond acceptors (Lipinski definition) is 6. The summed E-state index contributed by atoms with van der Waals surface area (Å²) in [6.45, 7) is 1.91. The van der Waals surface area contributed by atoms with Gasteiger partial charge in [-0.05, 0) is 48.9 Å². The molecule has 0 spiro atoms. The van der Waals surface area contributed by atoms with Gasteiger partial charge in [0.05, 0.1) is 37.5 Å². The minimum atomic E-state index is -0.922.